The van der Waals surface area contributed by atoms with Crippen molar-refractivity contribution in [3.63, 3.8) is 0 Å². The van der Waals surface area contributed by atoms with Crippen molar-refractivity contribution in [1.29, 1.82) is 0 Å². The van der Waals surface area contributed by atoms with E-state index in [9.17, 15) is 4.79 Å². The molecule has 0 aromatic heterocycles. The van der Waals surface area contributed by atoms with E-state index in [1.807, 2.05) is 13.8 Å². The number of amides is 1. The molecule has 0 bridgehead atoms. The van der Waals surface area contributed by atoms with Crippen molar-refractivity contribution in [1.82, 2.24) is 4.90 Å². The van der Waals surface area contributed by atoms with Gasteiger partial charge in [0.15, 0.2) is 0 Å². The lowest BCUT2D eigenvalue weighted by molar-refractivity contribution is 0.156. The van der Waals surface area contributed by atoms with Crippen LogP contribution in [0.2, 0.25) is 0 Å². The van der Waals surface area contributed by atoms with E-state index in [2.05, 4.69) is 0 Å². The van der Waals surface area contributed by atoms with E-state index in [1.165, 1.54) is 0 Å². The summed E-state index contributed by atoms with van der Waals surface area (Å²) in [5.74, 6) is 0. The number of rotatable bonds is 4. The Labute approximate surface area is 89.4 Å². The summed E-state index contributed by atoms with van der Waals surface area (Å²) in [7, 11) is 0. The molecular weight excluding hydrogens is 200 g/mol. The van der Waals surface area contributed by atoms with E-state index in [4.69, 9.17) is 22.7 Å². The number of ether oxygens (including phenoxy) is 1. The monoisotopic (exact) mass is 216 g/mol. The van der Waals surface area contributed by atoms with Gasteiger partial charge in [0.25, 0.3) is 0 Å². The van der Waals surface area contributed by atoms with E-state index in [0.29, 0.717) is 24.7 Å². The fourth-order valence-corrected chi connectivity index (χ4v) is 1.27. The Morgan fingerprint density at radius 3 is 2.79 bits per heavy atom. The predicted molar refractivity (Wildman–Crippen MR) is 58.1 cm³/mol. The largest absolute Gasteiger partial charge is 0.448 e. The molecule has 1 rings (SSSR count). The molecule has 0 spiro atoms. The van der Waals surface area contributed by atoms with Crippen LogP contribution in [0.3, 0.4) is 0 Å². The molecule has 5 heteroatoms. The molecule has 1 fully saturated rings. The Morgan fingerprint density at radius 2 is 2.36 bits per heavy atom. The molecule has 1 aliphatic heterocycles. The van der Waals surface area contributed by atoms with Gasteiger partial charge in [-0.15, -0.1) is 0 Å². The van der Waals surface area contributed by atoms with Gasteiger partial charge in [-0.05, 0) is 6.42 Å². The highest BCUT2D eigenvalue weighted by Crippen LogP contribution is 2.21. The second-order valence-corrected chi connectivity index (χ2v) is 4.54. The van der Waals surface area contributed by atoms with Crippen molar-refractivity contribution in [2.24, 2.45) is 11.1 Å². The number of thiocarbonyl (C=S) groups is 1. The molecular formula is C9H16N2O2S. The summed E-state index contributed by atoms with van der Waals surface area (Å²) >= 11 is 4.94. The van der Waals surface area contributed by atoms with E-state index in [-0.39, 0.29) is 11.5 Å². The molecule has 1 saturated heterocycles. The van der Waals surface area contributed by atoms with Crippen LogP contribution in [0.5, 0.6) is 0 Å². The zero-order chi connectivity index (χ0) is 10.8. The third-order valence-electron chi connectivity index (χ3n) is 2.52. The average Bonchev–Trinajstić information content (AvgIpc) is 2.47. The van der Waals surface area contributed by atoms with E-state index < -0.39 is 0 Å². The summed E-state index contributed by atoms with van der Waals surface area (Å²) in [4.78, 5) is 13.3. The van der Waals surface area contributed by atoms with Crippen molar-refractivity contribution >= 4 is 23.3 Å². The molecule has 4 nitrogen and oxygen atoms in total. The Balaban J connectivity index is 2.40. The maximum Gasteiger partial charge on any atom is 0.409 e. The SMILES string of the molecule is CC(C)(CCN1CCOC1=O)C(N)=S. The first kappa shape index (κ1) is 11.2. The Morgan fingerprint density at radius 1 is 1.71 bits per heavy atom. The van der Waals surface area contributed by atoms with Gasteiger partial charge in [-0.3, -0.25) is 0 Å². The van der Waals surface area contributed by atoms with Crippen LogP contribution in [-0.4, -0.2) is 35.7 Å². The molecule has 2 N–H and O–H groups in total. The van der Waals surface area contributed by atoms with Gasteiger partial charge in [-0.2, -0.15) is 0 Å². The zero-order valence-electron chi connectivity index (χ0n) is 8.58. The zero-order valence-corrected chi connectivity index (χ0v) is 9.39. The van der Waals surface area contributed by atoms with Gasteiger partial charge in [-0.25, -0.2) is 4.79 Å². The van der Waals surface area contributed by atoms with E-state index in [1.54, 1.807) is 4.90 Å². The fourth-order valence-electron chi connectivity index (χ4n) is 1.17. The first-order valence-corrected chi connectivity index (χ1v) is 5.06. The maximum absolute atomic E-state index is 11.1. The van der Waals surface area contributed by atoms with Crippen molar-refractivity contribution in [3.8, 4) is 0 Å². The van der Waals surface area contributed by atoms with Gasteiger partial charge >= 0.3 is 6.09 Å². The highest BCUT2D eigenvalue weighted by molar-refractivity contribution is 7.80. The third kappa shape index (κ3) is 2.57. The highest BCUT2D eigenvalue weighted by atomic mass is 32.1. The predicted octanol–water partition coefficient (Wildman–Crippen LogP) is 1.14. The second kappa shape index (κ2) is 4.13. The minimum atomic E-state index is -0.233. The number of hydrogen-bond acceptors (Lipinski definition) is 3. The second-order valence-electron chi connectivity index (χ2n) is 4.10. The molecule has 14 heavy (non-hydrogen) atoms. The molecule has 0 aromatic carbocycles. The number of hydrogen-bond donors (Lipinski definition) is 1. The topological polar surface area (TPSA) is 55.6 Å². The van der Waals surface area contributed by atoms with Crippen molar-refractivity contribution in [3.05, 3.63) is 0 Å². The molecule has 1 amide bonds. The lowest BCUT2D eigenvalue weighted by Gasteiger charge is -2.25. The van der Waals surface area contributed by atoms with Gasteiger partial charge in [0.05, 0.1) is 11.5 Å². The molecule has 0 aliphatic carbocycles. The van der Waals surface area contributed by atoms with Gasteiger partial charge < -0.3 is 15.4 Å². The Kier molecular flexibility index (Phi) is 3.31. The average molecular weight is 216 g/mol. The molecule has 0 saturated carbocycles. The molecule has 80 valence electrons. The number of cyclic esters (lactones) is 1. The van der Waals surface area contributed by atoms with Crippen LogP contribution in [0.1, 0.15) is 20.3 Å². The summed E-state index contributed by atoms with van der Waals surface area (Å²) < 4.78 is 4.81. The summed E-state index contributed by atoms with van der Waals surface area (Å²) in [6.07, 6.45) is 0.543. The highest BCUT2D eigenvalue weighted by Gasteiger charge is 2.26. The lowest BCUT2D eigenvalue weighted by Crippen LogP contribution is -2.35. The van der Waals surface area contributed by atoms with Gasteiger partial charge in [0.2, 0.25) is 0 Å². The van der Waals surface area contributed by atoms with Crippen LogP contribution in [0.25, 0.3) is 0 Å². The molecule has 0 radical (unpaired) electrons. The summed E-state index contributed by atoms with van der Waals surface area (Å²) in [5.41, 5.74) is 5.39. The standard InChI is InChI=1S/C9H16N2O2S/c1-9(2,7(10)14)3-4-11-5-6-13-8(11)12/h3-6H2,1-2H3,(H2,10,14). The van der Waals surface area contributed by atoms with E-state index in [0.717, 1.165) is 6.42 Å². The summed E-state index contributed by atoms with van der Waals surface area (Å²) in [6, 6.07) is 0. The van der Waals surface area contributed by atoms with Crippen LogP contribution in [0.4, 0.5) is 4.79 Å². The van der Waals surface area contributed by atoms with Crippen molar-refractivity contribution in [2.45, 2.75) is 20.3 Å². The molecule has 1 aliphatic rings. The first-order valence-electron chi connectivity index (χ1n) is 4.65. The number of carbonyl (C=O) groups excluding carboxylic acids is 1. The smallest absolute Gasteiger partial charge is 0.409 e. The molecule has 0 atom stereocenters. The van der Waals surface area contributed by atoms with Gasteiger partial charge in [-0.1, -0.05) is 26.1 Å². The van der Waals surface area contributed by atoms with Gasteiger partial charge in [0.1, 0.15) is 6.61 Å². The van der Waals surface area contributed by atoms with Gasteiger partial charge in [0, 0.05) is 12.0 Å². The van der Waals surface area contributed by atoms with Crippen LogP contribution >= 0.6 is 12.2 Å². The van der Waals surface area contributed by atoms with Crippen LogP contribution < -0.4 is 5.73 Å². The van der Waals surface area contributed by atoms with Crippen molar-refractivity contribution < 1.29 is 9.53 Å². The third-order valence-corrected chi connectivity index (χ3v) is 3.07. The minimum Gasteiger partial charge on any atom is -0.448 e. The Hall–Kier alpha value is -0.840. The summed E-state index contributed by atoms with van der Waals surface area (Å²) in [6.45, 7) is 5.79. The number of nitrogens with zero attached hydrogens (tertiary/aromatic N) is 1. The quantitative estimate of drug-likeness (QED) is 0.716. The summed E-state index contributed by atoms with van der Waals surface area (Å²) in [5, 5.41) is 0. The molecule has 0 aromatic rings. The number of carbonyl (C=O) groups is 1. The Bertz CT molecular complexity index is 253. The minimum absolute atomic E-state index is 0.196. The van der Waals surface area contributed by atoms with Crippen LogP contribution in [0, 0.1) is 5.41 Å². The van der Waals surface area contributed by atoms with Crippen molar-refractivity contribution in [2.75, 3.05) is 19.7 Å². The molecule has 1 heterocycles. The molecule has 0 unspecified atom stereocenters. The van der Waals surface area contributed by atoms with Crippen LogP contribution in [0.15, 0.2) is 0 Å². The fraction of sp³-hybridized carbons (Fsp3) is 0.778. The first-order chi connectivity index (χ1) is 6.43. The van der Waals surface area contributed by atoms with Crippen LogP contribution in [-0.2, 0) is 4.74 Å². The normalized spacial score (nSPS) is 17.0. The van der Waals surface area contributed by atoms with E-state index >= 15 is 0 Å². The maximum atomic E-state index is 11.1. The lowest BCUT2D eigenvalue weighted by atomic mass is 9.89. The number of nitrogens with two attached hydrogens (primary N) is 1.